The van der Waals surface area contributed by atoms with Crippen molar-refractivity contribution in [1.29, 1.82) is 0 Å². The van der Waals surface area contributed by atoms with Crippen LogP contribution < -0.4 is 20.3 Å². The Morgan fingerprint density at radius 1 is 1.06 bits per heavy atom. The molecule has 0 radical (unpaired) electrons. The fourth-order valence-corrected chi connectivity index (χ4v) is 6.92. The van der Waals surface area contributed by atoms with Crippen molar-refractivity contribution in [1.82, 2.24) is 20.1 Å². The molecule has 4 heterocycles. The van der Waals surface area contributed by atoms with E-state index >= 15 is 0 Å². The maximum atomic E-state index is 12.6. The summed E-state index contributed by atoms with van der Waals surface area (Å²) in [6.07, 6.45) is 5.72. The van der Waals surface area contributed by atoms with Gasteiger partial charge in [-0.1, -0.05) is 36.4 Å². The quantitative estimate of drug-likeness (QED) is 0.162. The molecule has 1 aromatic heterocycles. The Kier molecular flexibility index (Phi) is 12.2. The zero-order valence-electron chi connectivity index (χ0n) is 29.1. The van der Waals surface area contributed by atoms with Crippen molar-refractivity contribution in [2.75, 3.05) is 89.5 Å². The number of anilines is 2. The van der Waals surface area contributed by atoms with E-state index in [1.807, 2.05) is 25.4 Å². The molecule has 3 aromatic rings. The third-order valence-corrected chi connectivity index (χ3v) is 9.83. The van der Waals surface area contributed by atoms with E-state index in [-0.39, 0.29) is 29.8 Å². The van der Waals surface area contributed by atoms with Gasteiger partial charge in [-0.3, -0.25) is 14.5 Å². The molecule has 2 amide bonds. The number of carbonyl (C=O) groups is 2. The molecule has 12 nitrogen and oxygen atoms in total. The molecule has 268 valence electrons. The second kappa shape index (κ2) is 17.1. The largest absolute Gasteiger partial charge is 0.506 e. The van der Waals surface area contributed by atoms with Crippen LogP contribution in [-0.2, 0) is 38.4 Å². The van der Waals surface area contributed by atoms with E-state index in [2.05, 4.69) is 55.7 Å². The molecule has 2 aromatic carbocycles. The summed E-state index contributed by atoms with van der Waals surface area (Å²) in [6.45, 7) is 8.30. The van der Waals surface area contributed by atoms with Crippen LogP contribution in [0.25, 0.3) is 0 Å². The zero-order valence-corrected chi connectivity index (χ0v) is 29.1. The second-order valence-electron chi connectivity index (χ2n) is 13.4. The van der Waals surface area contributed by atoms with Gasteiger partial charge in [0.1, 0.15) is 17.3 Å². The third-order valence-electron chi connectivity index (χ3n) is 9.83. The smallest absolute Gasteiger partial charge is 0.262 e. The van der Waals surface area contributed by atoms with E-state index in [0.29, 0.717) is 57.1 Å². The number of benzene rings is 2. The first-order valence-electron chi connectivity index (χ1n) is 17.8. The monoisotopic (exact) mass is 686 g/mol. The minimum absolute atomic E-state index is 0.00896. The molecule has 12 heteroatoms. The molecule has 0 unspecified atom stereocenters. The Balaban J connectivity index is 0.833. The highest BCUT2D eigenvalue weighted by Crippen LogP contribution is 2.39. The molecule has 3 aliphatic rings. The summed E-state index contributed by atoms with van der Waals surface area (Å²) >= 11 is 0. The lowest BCUT2D eigenvalue weighted by molar-refractivity contribution is -0.131. The van der Waals surface area contributed by atoms with Crippen molar-refractivity contribution in [3.05, 3.63) is 77.5 Å². The van der Waals surface area contributed by atoms with Crippen LogP contribution in [-0.4, -0.2) is 117 Å². The number of nitrogens with zero attached hydrogens (tertiary/aromatic N) is 4. The van der Waals surface area contributed by atoms with E-state index in [4.69, 9.17) is 14.2 Å². The predicted octanol–water partition coefficient (Wildman–Crippen LogP) is 3.23. The van der Waals surface area contributed by atoms with Crippen LogP contribution in [0.15, 0.2) is 60.8 Å². The second-order valence-corrected chi connectivity index (χ2v) is 13.4. The van der Waals surface area contributed by atoms with Crippen molar-refractivity contribution in [3.8, 4) is 11.5 Å². The number of likely N-dealkylation sites (N-methyl/N-ethyl adjacent to an activating group) is 1. The molecule has 0 saturated carbocycles. The van der Waals surface area contributed by atoms with Gasteiger partial charge in [-0.2, -0.15) is 0 Å². The molecule has 0 atom stereocenters. The van der Waals surface area contributed by atoms with E-state index < -0.39 is 0 Å². The molecule has 0 bridgehead atoms. The Morgan fingerprint density at radius 2 is 1.92 bits per heavy atom. The third kappa shape index (κ3) is 9.51. The average Bonchev–Trinajstić information content (AvgIpc) is 3.14. The highest BCUT2D eigenvalue weighted by molar-refractivity contribution is 5.97. The van der Waals surface area contributed by atoms with Gasteiger partial charge in [-0.05, 0) is 67.1 Å². The molecule has 2 fully saturated rings. The highest BCUT2D eigenvalue weighted by Gasteiger charge is 2.40. The van der Waals surface area contributed by atoms with Crippen molar-refractivity contribution >= 4 is 23.3 Å². The van der Waals surface area contributed by atoms with Crippen molar-refractivity contribution in [3.63, 3.8) is 0 Å². The lowest BCUT2D eigenvalue weighted by atomic mass is 9.89. The van der Waals surface area contributed by atoms with Gasteiger partial charge in [-0.25, -0.2) is 4.98 Å². The molecule has 2 saturated heterocycles. The predicted molar refractivity (Wildman–Crippen MR) is 192 cm³/mol. The first kappa shape index (κ1) is 35.6. The Bertz CT molecular complexity index is 1580. The Morgan fingerprint density at radius 3 is 2.76 bits per heavy atom. The number of pyridine rings is 1. The fourth-order valence-electron chi connectivity index (χ4n) is 6.92. The summed E-state index contributed by atoms with van der Waals surface area (Å²) in [7, 11) is 1.81. The minimum atomic E-state index is -0.283. The van der Waals surface area contributed by atoms with Gasteiger partial charge in [0.05, 0.1) is 31.8 Å². The molecular weight excluding hydrogens is 636 g/mol. The molecule has 1 spiro atoms. The van der Waals surface area contributed by atoms with Crippen LogP contribution in [0, 0.1) is 0 Å². The number of rotatable bonds is 15. The normalized spacial score (nSPS) is 17.2. The topological polar surface area (TPSA) is 129 Å². The average molecular weight is 687 g/mol. The molecule has 0 aliphatic carbocycles. The number of carbonyl (C=O) groups excluding carboxylic acids is 2. The number of phenols is 1. The van der Waals surface area contributed by atoms with Crippen LogP contribution in [0.1, 0.15) is 36.0 Å². The number of likely N-dealkylation sites (tertiary alicyclic amines) is 1. The number of amides is 2. The van der Waals surface area contributed by atoms with Gasteiger partial charge >= 0.3 is 0 Å². The number of hydrogen-bond donors (Lipinski definition) is 3. The van der Waals surface area contributed by atoms with Crippen molar-refractivity contribution < 1.29 is 28.9 Å². The summed E-state index contributed by atoms with van der Waals surface area (Å²) in [5.74, 6) is 1.31. The maximum absolute atomic E-state index is 12.6. The van der Waals surface area contributed by atoms with Gasteiger partial charge in [0, 0.05) is 59.1 Å². The van der Waals surface area contributed by atoms with Crippen molar-refractivity contribution in [2.24, 2.45) is 0 Å². The number of ether oxygens (including phenoxy) is 3. The number of aromatic nitrogens is 1. The van der Waals surface area contributed by atoms with E-state index in [0.717, 1.165) is 70.0 Å². The Hall–Kier alpha value is -4.23. The number of phenolic OH excluding ortho intramolecular Hbond substituents is 1. The van der Waals surface area contributed by atoms with Crippen LogP contribution in [0.5, 0.6) is 11.5 Å². The Labute approximate surface area is 294 Å². The van der Waals surface area contributed by atoms with E-state index in [1.165, 1.54) is 11.1 Å². The van der Waals surface area contributed by atoms with Gasteiger partial charge in [0.2, 0.25) is 5.91 Å². The van der Waals surface area contributed by atoms with Crippen molar-refractivity contribution in [2.45, 2.75) is 44.2 Å². The number of aromatic hydroxyl groups is 1. The first-order valence-corrected chi connectivity index (χ1v) is 17.8. The summed E-state index contributed by atoms with van der Waals surface area (Å²) in [6, 6.07) is 18.2. The van der Waals surface area contributed by atoms with Gasteiger partial charge in [0.25, 0.3) is 5.91 Å². The lowest BCUT2D eigenvalue weighted by Crippen LogP contribution is -2.57. The molecule has 6 rings (SSSR count). The minimum Gasteiger partial charge on any atom is -0.506 e. The number of hydrogen-bond acceptors (Lipinski definition) is 10. The molecular formula is C38H50N6O6. The van der Waals surface area contributed by atoms with Crippen LogP contribution in [0.3, 0.4) is 0 Å². The highest BCUT2D eigenvalue weighted by atomic mass is 16.5. The SMILES string of the molecule is CN(CCNCCc1ccc(O)c2c1OCC(=O)N2)C(=O)CCOCCc1cccc(CN2CCC3(CC2)CN(c2ccccn2)CCO3)c1. The zero-order chi connectivity index (χ0) is 34.8. The van der Waals surface area contributed by atoms with Gasteiger partial charge in [0.15, 0.2) is 12.4 Å². The summed E-state index contributed by atoms with van der Waals surface area (Å²) in [5, 5.41) is 16.0. The summed E-state index contributed by atoms with van der Waals surface area (Å²) in [4.78, 5) is 35.4. The number of morpholine rings is 1. The molecule has 3 N–H and O–H groups in total. The molecule has 50 heavy (non-hydrogen) atoms. The molecule has 3 aliphatic heterocycles. The van der Waals surface area contributed by atoms with E-state index in [1.54, 1.807) is 17.0 Å². The van der Waals surface area contributed by atoms with Crippen LogP contribution in [0.2, 0.25) is 0 Å². The van der Waals surface area contributed by atoms with Gasteiger partial charge in [-0.15, -0.1) is 0 Å². The van der Waals surface area contributed by atoms with Crippen LogP contribution >= 0.6 is 0 Å². The summed E-state index contributed by atoms with van der Waals surface area (Å²) < 4.78 is 17.8. The standard InChI is InChI=1S/C38H50N6O6/c1-42(20-17-39-16-10-31-8-9-32(45)36-37(31)49-27-34(46)41-36)35(47)12-23-48-22-11-29-5-4-6-30(25-29)26-43-18-13-38(14-19-43)28-44(21-24-50-38)33-7-2-3-15-40-33/h2-9,15,25,39,45H,10-14,16-24,26-28H2,1H3,(H,41,46). The van der Waals surface area contributed by atoms with E-state index in [9.17, 15) is 14.7 Å². The number of piperidine rings is 1. The number of fused-ring (bicyclic) bond motifs is 1. The summed E-state index contributed by atoms with van der Waals surface area (Å²) in [5.41, 5.74) is 3.70. The van der Waals surface area contributed by atoms with Crippen LogP contribution in [0.4, 0.5) is 11.5 Å². The lowest BCUT2D eigenvalue weighted by Gasteiger charge is -2.47. The maximum Gasteiger partial charge on any atom is 0.262 e. The first-order chi connectivity index (χ1) is 24.4. The fraction of sp³-hybridized carbons (Fsp3) is 0.500. The van der Waals surface area contributed by atoms with Gasteiger partial charge < -0.3 is 39.8 Å². The number of nitrogens with one attached hydrogen (secondary N) is 2.